The SMILES string of the molecule is CCOC(=O)Nc1ccc2c(c1)N(C(=O)[C@H](C)[NH+]1CCCC1)c1ccccc1CC2. The minimum Gasteiger partial charge on any atom is -0.450 e. The van der Waals surface area contributed by atoms with E-state index in [4.69, 9.17) is 4.74 Å². The molecule has 6 nitrogen and oxygen atoms in total. The van der Waals surface area contributed by atoms with Crippen molar-refractivity contribution >= 4 is 29.1 Å². The first-order valence-electron chi connectivity index (χ1n) is 10.9. The molecule has 0 spiro atoms. The van der Waals surface area contributed by atoms with Crippen molar-refractivity contribution in [2.24, 2.45) is 0 Å². The number of hydrogen-bond acceptors (Lipinski definition) is 3. The third-order valence-electron chi connectivity index (χ3n) is 6.19. The summed E-state index contributed by atoms with van der Waals surface area (Å²) >= 11 is 0. The zero-order chi connectivity index (χ0) is 21.1. The van der Waals surface area contributed by atoms with Gasteiger partial charge in [0.1, 0.15) is 0 Å². The molecule has 2 aliphatic heterocycles. The molecule has 1 saturated heterocycles. The van der Waals surface area contributed by atoms with Gasteiger partial charge in [-0.1, -0.05) is 24.3 Å². The molecule has 4 rings (SSSR count). The number of rotatable bonds is 4. The van der Waals surface area contributed by atoms with Crippen LogP contribution in [-0.4, -0.2) is 37.7 Å². The number of likely N-dealkylation sites (tertiary alicyclic amines) is 1. The van der Waals surface area contributed by atoms with E-state index >= 15 is 0 Å². The number of carbonyl (C=O) groups is 2. The normalized spacial score (nSPS) is 16.9. The third-order valence-corrected chi connectivity index (χ3v) is 6.19. The number of ether oxygens (including phenoxy) is 1. The Morgan fingerprint density at radius 2 is 1.77 bits per heavy atom. The minimum atomic E-state index is -0.487. The second-order valence-corrected chi connectivity index (χ2v) is 8.08. The maximum Gasteiger partial charge on any atom is 0.411 e. The highest BCUT2D eigenvalue weighted by atomic mass is 16.5. The molecule has 0 unspecified atom stereocenters. The Balaban J connectivity index is 1.75. The molecule has 6 heteroatoms. The summed E-state index contributed by atoms with van der Waals surface area (Å²) < 4.78 is 5.02. The number of hydrogen-bond donors (Lipinski definition) is 2. The van der Waals surface area contributed by atoms with Gasteiger partial charge in [-0.05, 0) is 56.0 Å². The Morgan fingerprint density at radius 3 is 2.50 bits per heavy atom. The first-order valence-corrected chi connectivity index (χ1v) is 10.9. The smallest absolute Gasteiger partial charge is 0.411 e. The van der Waals surface area contributed by atoms with Crippen molar-refractivity contribution in [1.82, 2.24) is 0 Å². The van der Waals surface area contributed by atoms with Crippen LogP contribution in [-0.2, 0) is 22.4 Å². The van der Waals surface area contributed by atoms with Crippen molar-refractivity contribution < 1.29 is 19.2 Å². The standard InChI is InChI=1S/C24H29N3O3/c1-3-30-24(29)25-20-13-12-19-11-10-18-8-4-5-9-21(18)27(22(19)16-20)23(28)17(2)26-14-6-7-15-26/h4-5,8-9,12-13,16-17H,3,6-7,10-11,14-15H2,1-2H3,(H,25,29)/p+1/t17-/m0/s1. The predicted molar refractivity (Wildman–Crippen MR) is 117 cm³/mol. The summed E-state index contributed by atoms with van der Waals surface area (Å²) in [5.41, 5.74) is 4.71. The van der Waals surface area contributed by atoms with Crippen LogP contribution in [0, 0.1) is 0 Å². The summed E-state index contributed by atoms with van der Waals surface area (Å²) in [6.07, 6.45) is 3.59. The van der Waals surface area contributed by atoms with E-state index in [0.29, 0.717) is 12.3 Å². The molecular formula is C24H30N3O3+. The molecule has 0 aromatic heterocycles. The lowest BCUT2D eigenvalue weighted by atomic mass is 10.0. The van der Waals surface area contributed by atoms with Crippen LogP contribution in [0.4, 0.5) is 21.9 Å². The van der Waals surface area contributed by atoms with Gasteiger partial charge in [0.2, 0.25) is 0 Å². The van der Waals surface area contributed by atoms with Crippen LogP contribution in [0.1, 0.15) is 37.8 Å². The molecule has 2 amide bonds. The summed E-state index contributed by atoms with van der Waals surface area (Å²) in [7, 11) is 0. The lowest BCUT2D eigenvalue weighted by molar-refractivity contribution is -0.901. The lowest BCUT2D eigenvalue weighted by Gasteiger charge is -2.30. The van der Waals surface area contributed by atoms with Crippen molar-refractivity contribution in [3.63, 3.8) is 0 Å². The molecule has 2 heterocycles. The van der Waals surface area contributed by atoms with E-state index in [-0.39, 0.29) is 11.9 Å². The van der Waals surface area contributed by atoms with Crippen molar-refractivity contribution in [2.45, 2.75) is 45.6 Å². The van der Waals surface area contributed by atoms with Crippen LogP contribution in [0.2, 0.25) is 0 Å². The summed E-state index contributed by atoms with van der Waals surface area (Å²) in [5, 5.41) is 2.78. The van der Waals surface area contributed by atoms with Crippen LogP contribution < -0.4 is 15.1 Å². The van der Waals surface area contributed by atoms with Gasteiger partial charge in [0.05, 0.1) is 31.1 Å². The molecule has 1 fully saturated rings. The maximum absolute atomic E-state index is 13.8. The Morgan fingerprint density at radius 1 is 1.07 bits per heavy atom. The second kappa shape index (κ2) is 8.88. The number of para-hydroxylation sites is 1. The van der Waals surface area contributed by atoms with E-state index in [1.165, 1.54) is 23.3 Å². The van der Waals surface area contributed by atoms with Gasteiger partial charge in [0.15, 0.2) is 6.04 Å². The number of fused-ring (bicyclic) bond motifs is 2. The molecule has 30 heavy (non-hydrogen) atoms. The van der Waals surface area contributed by atoms with Gasteiger partial charge in [-0.25, -0.2) is 4.79 Å². The monoisotopic (exact) mass is 408 g/mol. The van der Waals surface area contributed by atoms with E-state index in [2.05, 4.69) is 11.4 Å². The van der Waals surface area contributed by atoms with E-state index in [1.54, 1.807) is 6.92 Å². The van der Waals surface area contributed by atoms with Gasteiger partial charge in [-0.3, -0.25) is 15.0 Å². The molecule has 0 bridgehead atoms. The topological polar surface area (TPSA) is 63.1 Å². The fraction of sp³-hybridized carbons (Fsp3) is 0.417. The Bertz CT molecular complexity index is 937. The molecule has 2 aliphatic rings. The molecule has 0 radical (unpaired) electrons. The molecule has 0 saturated carbocycles. The van der Waals surface area contributed by atoms with Crippen LogP contribution in [0.15, 0.2) is 42.5 Å². The Labute approximate surface area is 177 Å². The van der Waals surface area contributed by atoms with E-state index in [0.717, 1.165) is 42.9 Å². The van der Waals surface area contributed by atoms with E-state index < -0.39 is 6.09 Å². The molecule has 158 valence electrons. The molecule has 2 aromatic carbocycles. The number of amides is 2. The van der Waals surface area contributed by atoms with Crippen molar-refractivity contribution in [3.8, 4) is 0 Å². The minimum absolute atomic E-state index is 0.107. The average molecular weight is 409 g/mol. The number of aryl methyl sites for hydroxylation is 2. The maximum atomic E-state index is 13.8. The van der Waals surface area contributed by atoms with E-state index in [1.807, 2.05) is 48.2 Å². The molecule has 0 aliphatic carbocycles. The van der Waals surface area contributed by atoms with Gasteiger partial charge in [0, 0.05) is 18.5 Å². The largest absolute Gasteiger partial charge is 0.450 e. The summed E-state index contributed by atoms with van der Waals surface area (Å²) in [4.78, 5) is 28.9. The zero-order valence-electron chi connectivity index (χ0n) is 17.7. The average Bonchev–Trinajstić information content (AvgIpc) is 3.23. The van der Waals surface area contributed by atoms with Crippen LogP contribution >= 0.6 is 0 Å². The van der Waals surface area contributed by atoms with Crippen LogP contribution in [0.5, 0.6) is 0 Å². The summed E-state index contributed by atoms with van der Waals surface area (Å²) in [6, 6.07) is 13.8. The highest BCUT2D eigenvalue weighted by Crippen LogP contribution is 2.38. The van der Waals surface area contributed by atoms with Crippen molar-refractivity contribution in [1.29, 1.82) is 0 Å². The first kappa shape index (κ1) is 20.4. The van der Waals surface area contributed by atoms with Crippen molar-refractivity contribution in [2.75, 3.05) is 29.9 Å². The summed E-state index contributed by atoms with van der Waals surface area (Å²) in [5.74, 6) is 0.107. The van der Waals surface area contributed by atoms with Crippen LogP contribution in [0.3, 0.4) is 0 Å². The summed E-state index contributed by atoms with van der Waals surface area (Å²) in [6.45, 7) is 6.21. The predicted octanol–water partition coefficient (Wildman–Crippen LogP) is 3.09. The van der Waals surface area contributed by atoms with Crippen LogP contribution in [0.25, 0.3) is 0 Å². The number of carbonyl (C=O) groups excluding carboxylic acids is 2. The first-order chi connectivity index (χ1) is 14.6. The van der Waals surface area contributed by atoms with Gasteiger partial charge < -0.3 is 9.64 Å². The number of quaternary nitrogens is 1. The second-order valence-electron chi connectivity index (χ2n) is 8.08. The fourth-order valence-electron chi connectivity index (χ4n) is 4.55. The Kier molecular flexibility index (Phi) is 6.04. The van der Waals surface area contributed by atoms with Gasteiger partial charge in [-0.2, -0.15) is 0 Å². The zero-order valence-corrected chi connectivity index (χ0v) is 17.7. The number of nitrogens with one attached hydrogen (secondary N) is 2. The number of anilines is 3. The van der Waals surface area contributed by atoms with Gasteiger partial charge in [-0.15, -0.1) is 0 Å². The molecular weight excluding hydrogens is 378 g/mol. The molecule has 2 aromatic rings. The fourth-order valence-corrected chi connectivity index (χ4v) is 4.55. The molecule has 2 N–H and O–H groups in total. The van der Waals surface area contributed by atoms with Gasteiger partial charge in [0.25, 0.3) is 5.91 Å². The molecule has 1 atom stereocenters. The number of nitrogens with zero attached hydrogens (tertiary/aromatic N) is 1. The highest BCUT2D eigenvalue weighted by molar-refractivity contribution is 6.05. The number of benzene rings is 2. The van der Waals surface area contributed by atoms with Crippen molar-refractivity contribution in [3.05, 3.63) is 53.6 Å². The Hall–Kier alpha value is -2.86. The van der Waals surface area contributed by atoms with E-state index in [9.17, 15) is 9.59 Å². The third kappa shape index (κ3) is 4.05. The highest BCUT2D eigenvalue weighted by Gasteiger charge is 2.35. The quantitative estimate of drug-likeness (QED) is 0.817. The lowest BCUT2D eigenvalue weighted by Crippen LogP contribution is -3.14. The van der Waals surface area contributed by atoms with Gasteiger partial charge >= 0.3 is 6.09 Å².